The molecule has 0 saturated carbocycles. The zero-order valence-corrected chi connectivity index (χ0v) is 23.0. The first-order valence-electron chi connectivity index (χ1n) is 11.9. The average Bonchev–Trinajstić information content (AvgIpc) is 3.39. The van der Waals surface area contributed by atoms with Crippen LogP contribution >= 0.6 is 34.5 Å². The van der Waals surface area contributed by atoms with Crippen LogP contribution in [0, 0.1) is 0 Å². The summed E-state index contributed by atoms with van der Waals surface area (Å²) in [5.41, 5.74) is 1.42. The molecular formula is C25H28Cl2N4O5S. The SMILES string of the molecule is CC(C)OC(=O)[C@@H](C)OC(=O)C1=C(CN2CCOCC2)NC(c2nccs2)=N[C@H]1c1ccc(Cl)cc1Cl. The van der Waals surface area contributed by atoms with Gasteiger partial charge < -0.3 is 19.5 Å². The number of halogens is 2. The Hall–Kier alpha value is -2.50. The number of nitrogens with zero attached hydrogens (tertiary/aromatic N) is 3. The Morgan fingerprint density at radius 2 is 1.97 bits per heavy atom. The highest BCUT2D eigenvalue weighted by molar-refractivity contribution is 7.11. The number of nitrogens with one attached hydrogen (secondary N) is 1. The number of rotatable bonds is 8. The van der Waals surface area contributed by atoms with Crippen molar-refractivity contribution in [2.75, 3.05) is 32.8 Å². The molecule has 37 heavy (non-hydrogen) atoms. The summed E-state index contributed by atoms with van der Waals surface area (Å²) in [6.07, 6.45) is 0.232. The average molecular weight is 567 g/mol. The summed E-state index contributed by atoms with van der Waals surface area (Å²) < 4.78 is 16.3. The van der Waals surface area contributed by atoms with Gasteiger partial charge in [-0.3, -0.25) is 9.89 Å². The van der Waals surface area contributed by atoms with Crippen molar-refractivity contribution < 1.29 is 23.8 Å². The third-order valence-corrected chi connectivity index (χ3v) is 7.03. The van der Waals surface area contributed by atoms with Crippen LogP contribution in [0.1, 0.15) is 37.4 Å². The van der Waals surface area contributed by atoms with Crippen molar-refractivity contribution in [1.82, 2.24) is 15.2 Å². The van der Waals surface area contributed by atoms with Crippen molar-refractivity contribution in [3.05, 3.63) is 61.7 Å². The summed E-state index contributed by atoms with van der Waals surface area (Å²) in [4.78, 5) is 37.5. The number of hydrogen-bond acceptors (Lipinski definition) is 10. The van der Waals surface area contributed by atoms with Crippen molar-refractivity contribution in [3.8, 4) is 0 Å². The maximum Gasteiger partial charge on any atom is 0.347 e. The van der Waals surface area contributed by atoms with Crippen LogP contribution in [0.2, 0.25) is 10.0 Å². The molecule has 1 aromatic carbocycles. The van der Waals surface area contributed by atoms with Gasteiger partial charge in [-0.1, -0.05) is 29.3 Å². The Morgan fingerprint density at radius 1 is 1.22 bits per heavy atom. The van der Waals surface area contributed by atoms with Gasteiger partial charge in [-0.15, -0.1) is 11.3 Å². The maximum absolute atomic E-state index is 13.7. The molecule has 1 aromatic heterocycles. The van der Waals surface area contributed by atoms with Gasteiger partial charge >= 0.3 is 11.9 Å². The monoisotopic (exact) mass is 566 g/mol. The van der Waals surface area contributed by atoms with Crippen molar-refractivity contribution in [2.24, 2.45) is 4.99 Å². The van der Waals surface area contributed by atoms with Gasteiger partial charge in [0.2, 0.25) is 0 Å². The van der Waals surface area contributed by atoms with E-state index in [2.05, 4.69) is 15.2 Å². The van der Waals surface area contributed by atoms with E-state index in [1.165, 1.54) is 18.3 Å². The summed E-state index contributed by atoms with van der Waals surface area (Å²) in [7, 11) is 0. The number of aliphatic imine (C=N–C) groups is 1. The quantitative estimate of drug-likeness (QED) is 0.478. The highest BCUT2D eigenvalue weighted by atomic mass is 35.5. The topological polar surface area (TPSA) is 102 Å². The lowest BCUT2D eigenvalue weighted by molar-refractivity contribution is -0.167. The minimum Gasteiger partial charge on any atom is -0.460 e. The molecule has 9 nitrogen and oxygen atoms in total. The van der Waals surface area contributed by atoms with Gasteiger partial charge in [0.05, 0.1) is 24.9 Å². The standard InChI is InChI=1S/C25H28Cl2N4O5S/c1-14(2)35-24(32)15(3)36-25(33)20-19(13-31-7-9-34-10-8-31)29-22(23-28-6-11-37-23)30-21(20)17-5-4-16(26)12-18(17)27/h4-6,11-12,14-15,21H,7-10,13H2,1-3H3,(H,29,30)/t15-,21+/m1/s1. The molecule has 2 aliphatic rings. The number of morpholine rings is 1. The lowest BCUT2D eigenvalue weighted by atomic mass is 9.95. The molecular weight excluding hydrogens is 539 g/mol. The molecule has 2 aromatic rings. The van der Waals surface area contributed by atoms with Crippen LogP contribution in [-0.4, -0.2) is 72.7 Å². The number of hydrogen-bond donors (Lipinski definition) is 1. The normalized spacial score (nSPS) is 19.3. The highest BCUT2D eigenvalue weighted by Gasteiger charge is 2.36. The highest BCUT2D eigenvalue weighted by Crippen LogP contribution is 2.37. The zero-order chi connectivity index (χ0) is 26.5. The smallest absolute Gasteiger partial charge is 0.347 e. The van der Waals surface area contributed by atoms with Crippen LogP contribution in [0.3, 0.4) is 0 Å². The van der Waals surface area contributed by atoms with Crippen LogP contribution in [0.25, 0.3) is 0 Å². The van der Waals surface area contributed by atoms with Crippen molar-refractivity contribution in [3.63, 3.8) is 0 Å². The first-order valence-corrected chi connectivity index (χ1v) is 13.5. The molecule has 12 heteroatoms. The first-order chi connectivity index (χ1) is 17.7. The van der Waals surface area contributed by atoms with Crippen LogP contribution in [0.5, 0.6) is 0 Å². The van der Waals surface area contributed by atoms with Crippen LogP contribution in [0.15, 0.2) is 46.0 Å². The molecule has 1 N–H and O–H groups in total. The number of carbonyl (C=O) groups is 2. The Kier molecular flexibility index (Phi) is 9.20. The van der Waals surface area contributed by atoms with E-state index in [0.717, 1.165) is 0 Å². The summed E-state index contributed by atoms with van der Waals surface area (Å²) >= 11 is 14.2. The number of carbonyl (C=O) groups excluding carboxylic acids is 2. The van der Waals surface area contributed by atoms with E-state index in [9.17, 15) is 9.59 Å². The molecule has 0 spiro atoms. The predicted molar refractivity (Wildman–Crippen MR) is 142 cm³/mol. The largest absolute Gasteiger partial charge is 0.460 e. The van der Waals surface area contributed by atoms with Crippen LogP contribution in [0.4, 0.5) is 0 Å². The van der Waals surface area contributed by atoms with Crippen molar-refractivity contribution in [2.45, 2.75) is 39.0 Å². The van der Waals surface area contributed by atoms with Gasteiger partial charge in [0.15, 0.2) is 16.9 Å². The molecule has 0 amide bonds. The Labute approximate surface area is 229 Å². The number of amidine groups is 1. The summed E-state index contributed by atoms with van der Waals surface area (Å²) in [6.45, 7) is 7.92. The molecule has 2 aliphatic heterocycles. The molecule has 198 valence electrons. The summed E-state index contributed by atoms with van der Waals surface area (Å²) in [5, 5.41) is 6.63. The molecule has 0 unspecified atom stereocenters. The number of esters is 2. The number of benzene rings is 1. The fourth-order valence-corrected chi connectivity index (χ4v) is 5.04. The summed E-state index contributed by atoms with van der Waals surface area (Å²) in [5.74, 6) is -0.810. The van der Waals surface area contributed by atoms with E-state index in [-0.39, 0.29) is 11.7 Å². The minimum atomic E-state index is -1.11. The van der Waals surface area contributed by atoms with E-state index >= 15 is 0 Å². The number of thiazole rings is 1. The fourth-order valence-electron chi connectivity index (χ4n) is 3.94. The second-order valence-corrected chi connectivity index (χ2v) is 10.6. The van der Waals surface area contributed by atoms with Gasteiger partial charge in [-0.25, -0.2) is 14.6 Å². The Balaban J connectivity index is 1.77. The molecule has 1 saturated heterocycles. The van der Waals surface area contributed by atoms with Gasteiger partial charge in [0, 0.05) is 52.5 Å². The van der Waals surface area contributed by atoms with Crippen LogP contribution < -0.4 is 5.32 Å². The lowest BCUT2D eigenvalue weighted by Gasteiger charge is -2.32. The third kappa shape index (κ3) is 6.88. The van der Waals surface area contributed by atoms with Gasteiger partial charge in [0.1, 0.15) is 6.04 Å². The molecule has 3 heterocycles. The van der Waals surface area contributed by atoms with Gasteiger partial charge in [0.25, 0.3) is 0 Å². The van der Waals surface area contributed by atoms with Crippen LogP contribution in [-0.2, 0) is 23.8 Å². The third-order valence-electron chi connectivity index (χ3n) is 5.69. The van der Waals surface area contributed by atoms with E-state index in [0.29, 0.717) is 65.0 Å². The Bertz CT molecular complexity index is 1200. The molecule has 0 aliphatic carbocycles. The predicted octanol–water partition coefficient (Wildman–Crippen LogP) is 4.01. The number of ether oxygens (including phenoxy) is 3. The van der Waals surface area contributed by atoms with E-state index < -0.39 is 24.1 Å². The molecule has 0 radical (unpaired) electrons. The minimum absolute atomic E-state index is 0.250. The van der Waals surface area contributed by atoms with E-state index in [1.54, 1.807) is 38.2 Å². The second kappa shape index (κ2) is 12.4. The van der Waals surface area contributed by atoms with Crippen molar-refractivity contribution in [1.29, 1.82) is 0 Å². The second-order valence-electron chi connectivity index (χ2n) is 8.82. The molecule has 1 fully saturated rings. The van der Waals surface area contributed by atoms with Gasteiger partial charge in [-0.2, -0.15) is 0 Å². The molecule has 4 rings (SSSR count). The van der Waals surface area contributed by atoms with Gasteiger partial charge in [-0.05, 0) is 32.9 Å². The zero-order valence-electron chi connectivity index (χ0n) is 20.7. The lowest BCUT2D eigenvalue weighted by Crippen LogP contribution is -2.43. The van der Waals surface area contributed by atoms with Crippen molar-refractivity contribution >= 4 is 52.3 Å². The first kappa shape index (κ1) is 27.5. The Morgan fingerprint density at radius 3 is 2.62 bits per heavy atom. The summed E-state index contributed by atoms with van der Waals surface area (Å²) in [6, 6.07) is 4.21. The molecule has 2 atom stereocenters. The maximum atomic E-state index is 13.7. The fraction of sp³-hybridized carbons (Fsp3) is 0.440. The number of aromatic nitrogens is 1. The van der Waals surface area contributed by atoms with E-state index in [1.807, 2.05) is 5.38 Å². The van der Waals surface area contributed by atoms with E-state index in [4.69, 9.17) is 42.4 Å². The molecule has 0 bridgehead atoms.